The Morgan fingerprint density at radius 3 is 2.89 bits per heavy atom. The van der Waals surface area contributed by atoms with E-state index in [1.165, 1.54) is 22.2 Å². The fourth-order valence-corrected chi connectivity index (χ4v) is 2.74. The van der Waals surface area contributed by atoms with Crippen molar-refractivity contribution in [2.75, 3.05) is 0 Å². The number of hydrogen-bond donors (Lipinski definition) is 2. The SMILES string of the molecule is CC(C)C(=O)[C@@H]1Cc2c([nH]c3ccccc23)CN1. The monoisotopic (exact) mass is 242 g/mol. The number of aromatic amines is 1. The van der Waals surface area contributed by atoms with Crippen molar-refractivity contribution in [1.29, 1.82) is 0 Å². The number of aromatic nitrogens is 1. The average molecular weight is 242 g/mol. The molecule has 2 aromatic rings. The molecule has 0 saturated heterocycles. The third-order valence-electron chi connectivity index (χ3n) is 3.75. The lowest BCUT2D eigenvalue weighted by Crippen LogP contribution is -2.43. The van der Waals surface area contributed by atoms with Gasteiger partial charge in [-0.15, -0.1) is 0 Å². The number of carbonyl (C=O) groups excluding carboxylic acids is 1. The highest BCUT2D eigenvalue weighted by molar-refractivity contribution is 5.89. The summed E-state index contributed by atoms with van der Waals surface area (Å²) < 4.78 is 0. The van der Waals surface area contributed by atoms with Gasteiger partial charge in [0.2, 0.25) is 0 Å². The molecule has 3 nitrogen and oxygen atoms in total. The minimum absolute atomic E-state index is 0.0308. The second kappa shape index (κ2) is 4.25. The van der Waals surface area contributed by atoms with Crippen LogP contribution in [-0.2, 0) is 17.8 Å². The van der Waals surface area contributed by atoms with Crippen LogP contribution >= 0.6 is 0 Å². The quantitative estimate of drug-likeness (QED) is 0.849. The number of Topliss-reactive ketones (excluding diaryl/α,β-unsaturated/α-hetero) is 1. The molecule has 0 aliphatic carbocycles. The number of H-pyrrole nitrogens is 1. The average Bonchev–Trinajstić information content (AvgIpc) is 2.75. The fraction of sp³-hybridized carbons (Fsp3) is 0.400. The summed E-state index contributed by atoms with van der Waals surface area (Å²) in [6, 6.07) is 8.28. The maximum Gasteiger partial charge on any atom is 0.152 e. The van der Waals surface area contributed by atoms with Crippen molar-refractivity contribution >= 4 is 16.7 Å². The molecule has 0 saturated carbocycles. The van der Waals surface area contributed by atoms with Gasteiger partial charge in [-0.1, -0.05) is 32.0 Å². The smallest absolute Gasteiger partial charge is 0.152 e. The summed E-state index contributed by atoms with van der Waals surface area (Å²) in [7, 11) is 0. The van der Waals surface area contributed by atoms with Gasteiger partial charge in [0.05, 0.1) is 6.04 Å². The molecule has 1 aromatic heterocycles. The van der Waals surface area contributed by atoms with E-state index >= 15 is 0 Å². The molecule has 0 fully saturated rings. The molecule has 0 bridgehead atoms. The van der Waals surface area contributed by atoms with Gasteiger partial charge in [-0.2, -0.15) is 0 Å². The maximum absolute atomic E-state index is 12.1. The number of rotatable bonds is 2. The largest absolute Gasteiger partial charge is 0.357 e. The summed E-state index contributed by atoms with van der Waals surface area (Å²) in [6.45, 7) is 4.69. The van der Waals surface area contributed by atoms with E-state index in [0.717, 1.165) is 13.0 Å². The van der Waals surface area contributed by atoms with Crippen LogP contribution in [0.3, 0.4) is 0 Å². The van der Waals surface area contributed by atoms with E-state index in [9.17, 15) is 4.79 Å². The van der Waals surface area contributed by atoms with Gasteiger partial charge < -0.3 is 10.3 Å². The summed E-state index contributed by atoms with van der Waals surface area (Å²) in [5.41, 5.74) is 3.70. The lowest BCUT2D eigenvalue weighted by Gasteiger charge is -2.24. The summed E-state index contributed by atoms with van der Waals surface area (Å²) in [4.78, 5) is 15.5. The lowest BCUT2D eigenvalue weighted by atomic mass is 9.91. The van der Waals surface area contributed by atoms with E-state index in [0.29, 0.717) is 5.78 Å². The minimum atomic E-state index is -0.0308. The van der Waals surface area contributed by atoms with Crippen LogP contribution in [0.15, 0.2) is 24.3 Å². The first-order valence-corrected chi connectivity index (χ1v) is 6.52. The summed E-state index contributed by atoms with van der Waals surface area (Å²) in [5, 5.41) is 4.60. The Hall–Kier alpha value is -1.61. The summed E-state index contributed by atoms with van der Waals surface area (Å²) in [5.74, 6) is 0.403. The molecule has 1 aliphatic rings. The fourth-order valence-electron chi connectivity index (χ4n) is 2.74. The minimum Gasteiger partial charge on any atom is -0.357 e. The molecule has 3 heteroatoms. The molecule has 0 amide bonds. The Morgan fingerprint density at radius 2 is 2.11 bits per heavy atom. The number of ketones is 1. The highest BCUT2D eigenvalue weighted by Crippen LogP contribution is 2.27. The van der Waals surface area contributed by atoms with E-state index in [1.807, 2.05) is 19.9 Å². The Morgan fingerprint density at radius 1 is 1.33 bits per heavy atom. The first-order valence-electron chi connectivity index (χ1n) is 6.52. The van der Waals surface area contributed by atoms with Gasteiger partial charge >= 0.3 is 0 Å². The highest BCUT2D eigenvalue weighted by atomic mass is 16.1. The van der Waals surface area contributed by atoms with Gasteiger partial charge in [-0.05, 0) is 18.1 Å². The number of para-hydroxylation sites is 1. The second-order valence-electron chi connectivity index (χ2n) is 5.32. The van der Waals surface area contributed by atoms with Crippen molar-refractivity contribution in [2.45, 2.75) is 32.9 Å². The molecule has 1 aliphatic heterocycles. The molecule has 18 heavy (non-hydrogen) atoms. The molecule has 0 unspecified atom stereocenters. The maximum atomic E-state index is 12.1. The van der Waals surface area contributed by atoms with Crippen molar-refractivity contribution in [1.82, 2.24) is 10.3 Å². The van der Waals surface area contributed by atoms with Gasteiger partial charge in [-0.3, -0.25) is 4.79 Å². The van der Waals surface area contributed by atoms with E-state index in [1.54, 1.807) is 0 Å². The van der Waals surface area contributed by atoms with Gasteiger partial charge in [0.25, 0.3) is 0 Å². The van der Waals surface area contributed by atoms with Crippen LogP contribution in [0.2, 0.25) is 0 Å². The van der Waals surface area contributed by atoms with Crippen molar-refractivity contribution < 1.29 is 4.79 Å². The van der Waals surface area contributed by atoms with Gasteiger partial charge in [0.1, 0.15) is 0 Å². The third-order valence-corrected chi connectivity index (χ3v) is 3.75. The van der Waals surface area contributed by atoms with Crippen LogP contribution in [0.25, 0.3) is 10.9 Å². The van der Waals surface area contributed by atoms with E-state index in [-0.39, 0.29) is 12.0 Å². The number of carbonyl (C=O) groups is 1. The number of hydrogen-bond acceptors (Lipinski definition) is 2. The molecule has 2 heterocycles. The molecular formula is C15H18N2O. The van der Waals surface area contributed by atoms with Crippen LogP contribution in [-0.4, -0.2) is 16.8 Å². The van der Waals surface area contributed by atoms with Gasteiger partial charge in [0.15, 0.2) is 5.78 Å². The first kappa shape index (κ1) is 11.5. The molecular weight excluding hydrogens is 224 g/mol. The first-order chi connectivity index (χ1) is 8.66. The standard InChI is InChI=1S/C15H18N2O/c1-9(2)15(18)13-7-11-10-5-3-4-6-12(10)17-14(11)8-16-13/h3-6,9,13,16-17H,7-8H2,1-2H3/t13-/m0/s1. The predicted molar refractivity (Wildman–Crippen MR) is 72.5 cm³/mol. The molecule has 2 N–H and O–H groups in total. The molecule has 0 spiro atoms. The second-order valence-corrected chi connectivity index (χ2v) is 5.32. The Balaban J connectivity index is 1.99. The molecule has 3 rings (SSSR count). The van der Waals surface area contributed by atoms with E-state index < -0.39 is 0 Å². The number of benzene rings is 1. The van der Waals surface area contributed by atoms with Crippen molar-refractivity contribution in [3.8, 4) is 0 Å². The lowest BCUT2D eigenvalue weighted by molar-refractivity contribution is -0.124. The van der Waals surface area contributed by atoms with Crippen molar-refractivity contribution in [2.24, 2.45) is 5.92 Å². The van der Waals surface area contributed by atoms with Crippen molar-refractivity contribution in [3.63, 3.8) is 0 Å². The Bertz CT molecular complexity index is 598. The summed E-state index contributed by atoms with van der Waals surface area (Å²) >= 11 is 0. The number of nitrogens with one attached hydrogen (secondary N) is 2. The van der Waals surface area contributed by atoms with Crippen LogP contribution in [0.1, 0.15) is 25.1 Å². The predicted octanol–water partition coefficient (Wildman–Crippen LogP) is 2.41. The molecule has 1 atom stereocenters. The van der Waals surface area contributed by atoms with E-state index in [4.69, 9.17) is 0 Å². The summed E-state index contributed by atoms with van der Waals surface area (Å²) in [6.07, 6.45) is 0.802. The Kier molecular flexibility index (Phi) is 2.71. The van der Waals surface area contributed by atoms with Crippen LogP contribution in [0, 0.1) is 5.92 Å². The number of fused-ring (bicyclic) bond motifs is 3. The zero-order valence-corrected chi connectivity index (χ0v) is 10.8. The van der Waals surface area contributed by atoms with Crippen LogP contribution in [0.5, 0.6) is 0 Å². The van der Waals surface area contributed by atoms with Gasteiger partial charge in [-0.25, -0.2) is 0 Å². The zero-order valence-electron chi connectivity index (χ0n) is 10.8. The van der Waals surface area contributed by atoms with Crippen molar-refractivity contribution in [3.05, 3.63) is 35.5 Å². The topological polar surface area (TPSA) is 44.9 Å². The van der Waals surface area contributed by atoms with Crippen LogP contribution in [0.4, 0.5) is 0 Å². The van der Waals surface area contributed by atoms with E-state index in [2.05, 4.69) is 28.5 Å². The molecule has 0 radical (unpaired) electrons. The third kappa shape index (κ3) is 1.75. The normalized spacial score (nSPS) is 19.2. The Labute approximate surface area is 107 Å². The van der Waals surface area contributed by atoms with Crippen LogP contribution < -0.4 is 5.32 Å². The molecule has 94 valence electrons. The molecule has 1 aromatic carbocycles. The zero-order chi connectivity index (χ0) is 12.7. The highest BCUT2D eigenvalue weighted by Gasteiger charge is 2.27. The van der Waals surface area contributed by atoms with Gasteiger partial charge in [0, 0.05) is 29.1 Å².